The Labute approximate surface area is 128 Å². The third-order valence-corrected chi connectivity index (χ3v) is 5.80. The molecular weight excluding hydrogens is 286 g/mol. The van der Waals surface area contributed by atoms with Crippen molar-refractivity contribution in [3.8, 4) is 0 Å². The Morgan fingerprint density at radius 3 is 2.52 bits per heavy atom. The zero-order valence-corrected chi connectivity index (χ0v) is 14.3. The van der Waals surface area contributed by atoms with Gasteiger partial charge < -0.3 is 9.88 Å². The molecular formula is C15H27N3O2S. The van der Waals surface area contributed by atoms with Gasteiger partial charge in [-0.25, -0.2) is 13.1 Å². The third-order valence-electron chi connectivity index (χ3n) is 4.16. The SMILES string of the molecule is CCNCc1cc(S(=O)(=O)NC(C)(C)C2CC2)cn1CC. The summed E-state index contributed by atoms with van der Waals surface area (Å²) in [6.07, 6.45) is 3.95. The van der Waals surface area contributed by atoms with Crippen molar-refractivity contribution < 1.29 is 8.42 Å². The quantitative estimate of drug-likeness (QED) is 0.772. The Bertz CT molecular complexity index is 586. The lowest BCUT2D eigenvalue weighted by Crippen LogP contribution is -2.44. The summed E-state index contributed by atoms with van der Waals surface area (Å²) in [7, 11) is -3.46. The van der Waals surface area contributed by atoms with Crippen molar-refractivity contribution in [1.82, 2.24) is 14.6 Å². The van der Waals surface area contributed by atoms with Crippen molar-refractivity contribution in [1.29, 1.82) is 0 Å². The molecule has 2 N–H and O–H groups in total. The van der Waals surface area contributed by atoms with Crippen LogP contribution in [0.4, 0.5) is 0 Å². The van der Waals surface area contributed by atoms with Gasteiger partial charge in [0.05, 0.1) is 4.90 Å². The number of aryl methyl sites for hydroxylation is 1. The second-order valence-corrected chi connectivity index (χ2v) is 8.02. The molecule has 0 aliphatic heterocycles. The van der Waals surface area contributed by atoms with Gasteiger partial charge in [0.25, 0.3) is 0 Å². The van der Waals surface area contributed by atoms with E-state index in [2.05, 4.69) is 10.0 Å². The molecule has 1 aliphatic rings. The van der Waals surface area contributed by atoms with Crippen molar-refractivity contribution in [2.24, 2.45) is 5.92 Å². The summed E-state index contributed by atoms with van der Waals surface area (Å²) in [5.41, 5.74) is 0.638. The van der Waals surface area contributed by atoms with Gasteiger partial charge in [-0.2, -0.15) is 0 Å². The maximum atomic E-state index is 12.6. The largest absolute Gasteiger partial charge is 0.349 e. The Kier molecular flexibility index (Phi) is 4.80. The average Bonchev–Trinajstić information content (AvgIpc) is 3.16. The third kappa shape index (κ3) is 3.87. The van der Waals surface area contributed by atoms with Gasteiger partial charge in [0.2, 0.25) is 10.0 Å². The van der Waals surface area contributed by atoms with Crippen LogP contribution in [-0.2, 0) is 23.1 Å². The van der Waals surface area contributed by atoms with Crippen molar-refractivity contribution in [2.75, 3.05) is 6.54 Å². The van der Waals surface area contributed by atoms with Crippen LogP contribution < -0.4 is 10.0 Å². The summed E-state index contributed by atoms with van der Waals surface area (Å²) in [6, 6.07) is 1.78. The highest BCUT2D eigenvalue weighted by atomic mass is 32.2. The van der Waals surface area contributed by atoms with E-state index in [0.717, 1.165) is 31.6 Å². The molecule has 5 nitrogen and oxygen atoms in total. The molecule has 0 spiro atoms. The molecule has 1 aromatic heterocycles. The number of rotatable bonds is 8. The van der Waals surface area contributed by atoms with Gasteiger partial charge in [-0.05, 0) is 52.1 Å². The molecule has 1 fully saturated rings. The van der Waals surface area contributed by atoms with Crippen LogP contribution >= 0.6 is 0 Å². The standard InChI is InChI=1S/C15H27N3O2S/c1-5-16-10-13-9-14(11-18(13)6-2)21(19,20)17-15(3,4)12-7-8-12/h9,11-12,16-17H,5-8,10H2,1-4H3. The molecule has 0 unspecified atom stereocenters. The summed E-state index contributed by atoms with van der Waals surface area (Å²) in [5.74, 6) is 0.460. The number of hydrogen-bond acceptors (Lipinski definition) is 3. The fourth-order valence-electron chi connectivity index (χ4n) is 2.66. The molecule has 1 aromatic rings. The van der Waals surface area contributed by atoms with Crippen LogP contribution in [0.5, 0.6) is 0 Å². The maximum Gasteiger partial charge on any atom is 0.242 e. The summed E-state index contributed by atoms with van der Waals surface area (Å²) in [4.78, 5) is 0.367. The molecule has 6 heteroatoms. The first-order valence-electron chi connectivity index (χ1n) is 7.74. The highest BCUT2D eigenvalue weighted by Crippen LogP contribution is 2.40. The van der Waals surface area contributed by atoms with E-state index in [9.17, 15) is 8.42 Å². The van der Waals surface area contributed by atoms with Crippen LogP contribution in [0.2, 0.25) is 0 Å². The van der Waals surface area contributed by atoms with Crippen LogP contribution in [0.25, 0.3) is 0 Å². The molecule has 2 rings (SSSR count). The van der Waals surface area contributed by atoms with Crippen LogP contribution in [0.1, 0.15) is 46.2 Å². The van der Waals surface area contributed by atoms with E-state index < -0.39 is 10.0 Å². The Morgan fingerprint density at radius 1 is 1.33 bits per heavy atom. The lowest BCUT2D eigenvalue weighted by atomic mass is 10.0. The number of nitrogens with one attached hydrogen (secondary N) is 2. The van der Waals surface area contributed by atoms with E-state index in [-0.39, 0.29) is 5.54 Å². The molecule has 1 heterocycles. The van der Waals surface area contributed by atoms with Crippen LogP contribution in [0.15, 0.2) is 17.2 Å². The van der Waals surface area contributed by atoms with E-state index in [0.29, 0.717) is 17.4 Å². The lowest BCUT2D eigenvalue weighted by molar-refractivity contribution is 0.400. The number of aromatic nitrogens is 1. The van der Waals surface area contributed by atoms with Crippen LogP contribution in [0, 0.1) is 5.92 Å². The number of hydrogen-bond donors (Lipinski definition) is 2. The van der Waals surface area contributed by atoms with Crippen LogP contribution in [-0.4, -0.2) is 25.1 Å². The van der Waals surface area contributed by atoms with Gasteiger partial charge in [0, 0.05) is 30.5 Å². The molecule has 120 valence electrons. The van der Waals surface area contributed by atoms with E-state index in [1.54, 1.807) is 12.3 Å². The summed E-state index contributed by atoms with van der Waals surface area (Å²) >= 11 is 0. The zero-order valence-electron chi connectivity index (χ0n) is 13.4. The molecule has 21 heavy (non-hydrogen) atoms. The molecule has 0 aromatic carbocycles. The molecule has 0 radical (unpaired) electrons. The second kappa shape index (κ2) is 6.10. The predicted octanol–water partition coefficient (Wildman–Crippen LogP) is 2.08. The summed E-state index contributed by atoms with van der Waals surface area (Å²) < 4.78 is 30.0. The Hall–Kier alpha value is -0.850. The van der Waals surface area contributed by atoms with Gasteiger partial charge in [-0.3, -0.25) is 0 Å². The normalized spacial score (nSPS) is 16.4. The van der Waals surface area contributed by atoms with Crippen molar-refractivity contribution in [3.63, 3.8) is 0 Å². The van der Waals surface area contributed by atoms with Gasteiger partial charge in [0.1, 0.15) is 0 Å². The topological polar surface area (TPSA) is 63.1 Å². The number of nitrogens with zero attached hydrogens (tertiary/aromatic N) is 1. The molecule has 0 amide bonds. The smallest absolute Gasteiger partial charge is 0.242 e. The van der Waals surface area contributed by atoms with Gasteiger partial charge in [-0.1, -0.05) is 6.92 Å². The minimum atomic E-state index is -3.46. The first kappa shape index (κ1) is 16.5. The fourth-order valence-corrected chi connectivity index (χ4v) is 4.20. The minimum absolute atomic E-state index is 0.366. The Balaban J connectivity index is 2.21. The van der Waals surface area contributed by atoms with E-state index in [1.807, 2.05) is 32.3 Å². The molecule has 0 bridgehead atoms. The monoisotopic (exact) mass is 313 g/mol. The van der Waals surface area contributed by atoms with Gasteiger partial charge in [-0.15, -0.1) is 0 Å². The average molecular weight is 313 g/mol. The van der Waals surface area contributed by atoms with Crippen molar-refractivity contribution >= 4 is 10.0 Å². The summed E-state index contributed by atoms with van der Waals surface area (Å²) in [6.45, 7) is 10.3. The highest BCUT2D eigenvalue weighted by Gasteiger charge is 2.40. The molecule has 1 saturated carbocycles. The Morgan fingerprint density at radius 2 is 2.00 bits per heavy atom. The molecule has 1 aliphatic carbocycles. The number of sulfonamides is 1. The zero-order chi connectivity index (χ0) is 15.7. The van der Waals surface area contributed by atoms with E-state index in [1.165, 1.54) is 0 Å². The molecule has 0 saturated heterocycles. The summed E-state index contributed by atoms with van der Waals surface area (Å²) in [5, 5.41) is 3.24. The highest BCUT2D eigenvalue weighted by molar-refractivity contribution is 7.89. The van der Waals surface area contributed by atoms with E-state index >= 15 is 0 Å². The van der Waals surface area contributed by atoms with Gasteiger partial charge >= 0.3 is 0 Å². The van der Waals surface area contributed by atoms with E-state index in [4.69, 9.17) is 0 Å². The van der Waals surface area contributed by atoms with Gasteiger partial charge in [0.15, 0.2) is 0 Å². The van der Waals surface area contributed by atoms with Crippen molar-refractivity contribution in [2.45, 2.75) is 64.1 Å². The first-order valence-corrected chi connectivity index (χ1v) is 9.22. The predicted molar refractivity (Wildman–Crippen MR) is 84.6 cm³/mol. The lowest BCUT2D eigenvalue weighted by Gasteiger charge is -2.25. The second-order valence-electron chi connectivity index (χ2n) is 6.33. The van der Waals surface area contributed by atoms with Crippen LogP contribution in [0.3, 0.4) is 0 Å². The van der Waals surface area contributed by atoms with Crippen molar-refractivity contribution in [3.05, 3.63) is 18.0 Å². The molecule has 0 atom stereocenters. The minimum Gasteiger partial charge on any atom is -0.349 e. The fraction of sp³-hybridized carbons (Fsp3) is 0.733. The first-order chi connectivity index (χ1) is 9.80. The maximum absolute atomic E-state index is 12.6.